The molecule has 0 unspecified atom stereocenters. The first-order valence-corrected chi connectivity index (χ1v) is 6.67. The molecule has 2 N–H and O–H groups in total. The molecule has 6 nitrogen and oxygen atoms in total. The molecule has 0 radical (unpaired) electrons. The Labute approximate surface area is 119 Å². The SMILES string of the molecule is COCC(=O)Nc1ccccc1C(=O)Nc1nccs1. The normalized spacial score (nSPS) is 10.1. The van der Waals surface area contributed by atoms with Crippen LogP contribution in [0.4, 0.5) is 10.8 Å². The van der Waals surface area contributed by atoms with Gasteiger partial charge in [-0.15, -0.1) is 11.3 Å². The van der Waals surface area contributed by atoms with Gasteiger partial charge < -0.3 is 10.1 Å². The number of amides is 2. The second kappa shape index (κ2) is 6.78. The summed E-state index contributed by atoms with van der Waals surface area (Å²) in [6.07, 6.45) is 1.60. The zero-order valence-corrected chi connectivity index (χ0v) is 11.6. The lowest BCUT2D eigenvalue weighted by Crippen LogP contribution is -2.20. The molecular formula is C13H13N3O3S. The third-order valence-corrected chi connectivity index (χ3v) is 3.06. The zero-order valence-electron chi connectivity index (χ0n) is 10.8. The van der Waals surface area contributed by atoms with Crippen molar-refractivity contribution in [1.82, 2.24) is 4.98 Å². The summed E-state index contributed by atoms with van der Waals surface area (Å²) in [7, 11) is 1.43. The second-order valence-corrected chi connectivity index (χ2v) is 4.71. The summed E-state index contributed by atoms with van der Waals surface area (Å²) in [6.45, 7) is -0.0670. The summed E-state index contributed by atoms with van der Waals surface area (Å²) in [5, 5.41) is 7.57. The number of nitrogens with one attached hydrogen (secondary N) is 2. The Kier molecular flexibility index (Phi) is 4.80. The van der Waals surface area contributed by atoms with Gasteiger partial charge in [-0.05, 0) is 12.1 Å². The highest BCUT2D eigenvalue weighted by Crippen LogP contribution is 2.18. The molecule has 2 rings (SSSR count). The van der Waals surface area contributed by atoms with Gasteiger partial charge in [-0.25, -0.2) is 4.98 Å². The molecule has 1 heterocycles. The maximum atomic E-state index is 12.1. The van der Waals surface area contributed by atoms with Gasteiger partial charge in [0.25, 0.3) is 5.91 Å². The highest BCUT2D eigenvalue weighted by Gasteiger charge is 2.13. The van der Waals surface area contributed by atoms with Crippen molar-refractivity contribution in [2.45, 2.75) is 0 Å². The minimum Gasteiger partial charge on any atom is -0.375 e. The van der Waals surface area contributed by atoms with Crippen LogP contribution in [-0.2, 0) is 9.53 Å². The quantitative estimate of drug-likeness (QED) is 0.882. The van der Waals surface area contributed by atoms with Gasteiger partial charge in [-0.1, -0.05) is 12.1 Å². The van der Waals surface area contributed by atoms with Crippen molar-refractivity contribution in [3.63, 3.8) is 0 Å². The molecule has 0 aliphatic rings. The number of rotatable bonds is 5. The Hall–Kier alpha value is -2.25. The number of benzene rings is 1. The first-order valence-electron chi connectivity index (χ1n) is 5.79. The number of methoxy groups -OCH3 is 1. The fraction of sp³-hybridized carbons (Fsp3) is 0.154. The van der Waals surface area contributed by atoms with Gasteiger partial charge in [0.15, 0.2) is 5.13 Å². The van der Waals surface area contributed by atoms with Gasteiger partial charge in [0.2, 0.25) is 5.91 Å². The van der Waals surface area contributed by atoms with E-state index in [-0.39, 0.29) is 18.4 Å². The van der Waals surface area contributed by atoms with Gasteiger partial charge in [-0.3, -0.25) is 14.9 Å². The van der Waals surface area contributed by atoms with E-state index in [0.29, 0.717) is 16.4 Å². The topological polar surface area (TPSA) is 80.3 Å². The summed E-state index contributed by atoms with van der Waals surface area (Å²) < 4.78 is 4.74. The van der Waals surface area contributed by atoms with Crippen molar-refractivity contribution >= 4 is 34.0 Å². The third-order valence-electron chi connectivity index (χ3n) is 2.37. The first kappa shape index (κ1) is 14.2. The van der Waals surface area contributed by atoms with Gasteiger partial charge in [-0.2, -0.15) is 0 Å². The van der Waals surface area contributed by atoms with E-state index in [2.05, 4.69) is 15.6 Å². The van der Waals surface area contributed by atoms with Crippen LogP contribution in [0.15, 0.2) is 35.8 Å². The molecule has 2 amide bonds. The lowest BCUT2D eigenvalue weighted by molar-refractivity contribution is -0.119. The largest absolute Gasteiger partial charge is 0.375 e. The molecule has 0 fully saturated rings. The standard InChI is InChI=1S/C13H13N3O3S/c1-19-8-11(17)15-10-5-3-2-4-9(10)12(18)16-13-14-6-7-20-13/h2-7H,8H2,1H3,(H,15,17)(H,14,16,18). The molecule has 0 aliphatic carbocycles. The van der Waals surface area contributed by atoms with Crippen molar-refractivity contribution in [2.75, 3.05) is 24.4 Å². The zero-order chi connectivity index (χ0) is 14.4. The number of carbonyl (C=O) groups excluding carboxylic acids is 2. The lowest BCUT2D eigenvalue weighted by Gasteiger charge is -2.10. The molecule has 104 valence electrons. The Morgan fingerprint density at radius 1 is 1.30 bits per heavy atom. The van der Waals surface area contributed by atoms with Gasteiger partial charge >= 0.3 is 0 Å². The minimum absolute atomic E-state index is 0.0670. The van der Waals surface area contributed by atoms with E-state index in [1.807, 2.05) is 0 Å². The molecule has 0 bridgehead atoms. The number of hydrogen-bond acceptors (Lipinski definition) is 5. The molecule has 0 atom stereocenters. The predicted molar refractivity (Wildman–Crippen MR) is 77.0 cm³/mol. The smallest absolute Gasteiger partial charge is 0.259 e. The van der Waals surface area contributed by atoms with Crippen molar-refractivity contribution in [3.05, 3.63) is 41.4 Å². The number of ether oxygens (including phenoxy) is 1. The van der Waals surface area contributed by atoms with Gasteiger partial charge in [0.05, 0.1) is 11.3 Å². The van der Waals surface area contributed by atoms with Crippen LogP contribution in [0.2, 0.25) is 0 Å². The van der Waals surface area contributed by atoms with E-state index >= 15 is 0 Å². The van der Waals surface area contributed by atoms with Crippen molar-refractivity contribution in [3.8, 4) is 0 Å². The summed E-state index contributed by atoms with van der Waals surface area (Å²) in [5.74, 6) is -0.643. The molecule has 0 saturated carbocycles. The summed E-state index contributed by atoms with van der Waals surface area (Å²) in [4.78, 5) is 27.7. The van der Waals surface area contributed by atoms with Crippen LogP contribution in [-0.4, -0.2) is 30.5 Å². The van der Waals surface area contributed by atoms with E-state index in [4.69, 9.17) is 4.74 Å². The molecule has 0 saturated heterocycles. The van der Waals surface area contributed by atoms with Gasteiger partial charge in [0, 0.05) is 18.7 Å². The molecule has 20 heavy (non-hydrogen) atoms. The van der Waals surface area contributed by atoms with Crippen molar-refractivity contribution < 1.29 is 14.3 Å². The summed E-state index contributed by atoms with van der Waals surface area (Å²) in [5.41, 5.74) is 0.802. The minimum atomic E-state index is -0.326. The van der Waals surface area contributed by atoms with E-state index in [1.54, 1.807) is 35.8 Å². The predicted octanol–water partition coefficient (Wildman–Crippen LogP) is 1.98. The second-order valence-electron chi connectivity index (χ2n) is 3.82. The average Bonchev–Trinajstić information content (AvgIpc) is 2.92. The number of hydrogen-bond donors (Lipinski definition) is 2. The van der Waals surface area contributed by atoms with Crippen LogP contribution < -0.4 is 10.6 Å². The van der Waals surface area contributed by atoms with Crippen LogP contribution >= 0.6 is 11.3 Å². The molecule has 1 aromatic carbocycles. The number of thiazole rings is 1. The maximum absolute atomic E-state index is 12.1. The number of carbonyl (C=O) groups is 2. The van der Waals surface area contributed by atoms with E-state index in [9.17, 15) is 9.59 Å². The van der Waals surface area contributed by atoms with E-state index in [0.717, 1.165) is 0 Å². The molecular weight excluding hydrogens is 278 g/mol. The molecule has 1 aromatic heterocycles. The van der Waals surface area contributed by atoms with Crippen molar-refractivity contribution in [2.24, 2.45) is 0 Å². The van der Waals surface area contributed by atoms with Crippen LogP contribution in [0.3, 0.4) is 0 Å². The molecule has 2 aromatic rings. The fourth-order valence-corrected chi connectivity index (χ4v) is 2.08. The van der Waals surface area contributed by atoms with Gasteiger partial charge in [0.1, 0.15) is 6.61 Å². The summed E-state index contributed by atoms with van der Waals surface area (Å²) >= 11 is 1.32. The monoisotopic (exact) mass is 291 g/mol. The average molecular weight is 291 g/mol. The highest BCUT2D eigenvalue weighted by molar-refractivity contribution is 7.13. The molecule has 0 spiro atoms. The lowest BCUT2D eigenvalue weighted by atomic mass is 10.1. The fourth-order valence-electron chi connectivity index (χ4n) is 1.56. The number of para-hydroxylation sites is 1. The Balaban J connectivity index is 2.14. The van der Waals surface area contributed by atoms with Crippen LogP contribution in [0.25, 0.3) is 0 Å². The molecule has 0 aliphatic heterocycles. The Bertz CT molecular complexity index is 599. The van der Waals surface area contributed by atoms with Crippen LogP contribution in [0.5, 0.6) is 0 Å². The van der Waals surface area contributed by atoms with E-state index in [1.165, 1.54) is 18.4 Å². The van der Waals surface area contributed by atoms with Crippen molar-refractivity contribution in [1.29, 1.82) is 0 Å². The third kappa shape index (κ3) is 3.62. The van der Waals surface area contributed by atoms with E-state index < -0.39 is 0 Å². The highest BCUT2D eigenvalue weighted by atomic mass is 32.1. The summed E-state index contributed by atoms with van der Waals surface area (Å²) in [6, 6.07) is 6.75. The van der Waals surface area contributed by atoms with Crippen LogP contribution in [0.1, 0.15) is 10.4 Å². The number of anilines is 2. The maximum Gasteiger partial charge on any atom is 0.259 e. The number of aromatic nitrogens is 1. The Morgan fingerprint density at radius 3 is 2.80 bits per heavy atom. The first-order chi connectivity index (χ1) is 9.70. The molecule has 7 heteroatoms. The number of nitrogens with zero attached hydrogens (tertiary/aromatic N) is 1. The van der Waals surface area contributed by atoms with Crippen LogP contribution in [0, 0.1) is 0 Å². The Morgan fingerprint density at radius 2 is 2.10 bits per heavy atom.